The smallest absolute Gasteiger partial charge is 0.270 e. The number of hydrogen-bond donors (Lipinski definition) is 1. The number of nitrogens with one attached hydrogen (secondary N) is 1. The molecule has 0 aliphatic carbocycles. The molecule has 2 heterocycles. The van der Waals surface area contributed by atoms with Gasteiger partial charge in [-0.2, -0.15) is 0 Å². The largest absolute Gasteiger partial charge is 0.364 e. The van der Waals surface area contributed by atoms with Gasteiger partial charge < -0.3 is 5.32 Å². The van der Waals surface area contributed by atoms with E-state index < -0.39 is 21.7 Å². The Hall–Kier alpha value is -3.40. The first-order valence-electron chi connectivity index (χ1n) is 8.54. The maximum Gasteiger partial charge on any atom is 0.270 e. The highest BCUT2D eigenvalue weighted by Crippen LogP contribution is 2.23. The molecule has 7 nitrogen and oxygen atoms in total. The number of aryl methyl sites for hydroxylation is 1. The molecule has 0 spiro atoms. The highest BCUT2D eigenvalue weighted by atomic mass is 32.2. The monoisotopic (exact) mass is 415 g/mol. The van der Waals surface area contributed by atoms with Crippen LogP contribution in [-0.2, 0) is 16.6 Å². The van der Waals surface area contributed by atoms with Crippen LogP contribution in [0.15, 0.2) is 60.0 Å². The third kappa shape index (κ3) is 3.54. The zero-order valence-corrected chi connectivity index (χ0v) is 16.0. The molecule has 0 unspecified atom stereocenters. The summed E-state index contributed by atoms with van der Waals surface area (Å²) in [6.07, 6.45) is 2.34. The highest BCUT2D eigenvalue weighted by molar-refractivity contribution is 7.90. The molecule has 148 valence electrons. The van der Waals surface area contributed by atoms with E-state index >= 15 is 0 Å². The molecule has 0 radical (unpaired) electrons. The molecule has 0 saturated heterocycles. The van der Waals surface area contributed by atoms with Crippen LogP contribution in [0.4, 0.5) is 14.6 Å². The molecule has 0 aliphatic rings. The molecule has 10 heteroatoms. The molecule has 29 heavy (non-hydrogen) atoms. The average molecular weight is 415 g/mol. The van der Waals surface area contributed by atoms with Crippen molar-refractivity contribution >= 4 is 27.0 Å². The Morgan fingerprint density at radius 3 is 2.52 bits per heavy atom. The van der Waals surface area contributed by atoms with Crippen LogP contribution in [0.25, 0.3) is 11.2 Å². The lowest BCUT2D eigenvalue weighted by atomic mass is 10.2. The number of fused-ring (bicyclic) bond motifs is 1. The quantitative estimate of drug-likeness (QED) is 0.538. The first-order chi connectivity index (χ1) is 13.9. The van der Waals surface area contributed by atoms with Gasteiger partial charge in [0.05, 0.1) is 4.90 Å². The SMILES string of the molecule is Cc1ccc(S(=O)(=O)n2cnc3c(NCc4ccc(F)cc4F)ncnc32)cc1. The Morgan fingerprint density at radius 1 is 1.03 bits per heavy atom. The minimum atomic E-state index is -3.90. The van der Waals surface area contributed by atoms with Crippen molar-refractivity contribution in [2.75, 3.05) is 5.32 Å². The summed E-state index contributed by atoms with van der Waals surface area (Å²) >= 11 is 0. The van der Waals surface area contributed by atoms with Gasteiger partial charge in [-0.1, -0.05) is 23.8 Å². The molecule has 0 atom stereocenters. The highest BCUT2D eigenvalue weighted by Gasteiger charge is 2.22. The third-order valence-corrected chi connectivity index (χ3v) is 6.00. The second-order valence-electron chi connectivity index (χ2n) is 6.34. The summed E-state index contributed by atoms with van der Waals surface area (Å²) in [5.41, 5.74) is 1.46. The summed E-state index contributed by atoms with van der Waals surface area (Å²) in [6, 6.07) is 9.67. The maximum absolute atomic E-state index is 13.8. The lowest BCUT2D eigenvalue weighted by Gasteiger charge is -2.08. The molecular weight excluding hydrogens is 400 g/mol. The molecule has 4 rings (SSSR count). The number of rotatable bonds is 5. The number of anilines is 1. The minimum Gasteiger partial charge on any atom is -0.364 e. The van der Waals surface area contributed by atoms with Crippen molar-refractivity contribution in [2.24, 2.45) is 0 Å². The summed E-state index contributed by atoms with van der Waals surface area (Å²) in [5, 5.41) is 2.89. The van der Waals surface area contributed by atoms with E-state index in [1.165, 1.54) is 24.5 Å². The van der Waals surface area contributed by atoms with Crippen LogP contribution in [-0.4, -0.2) is 27.3 Å². The zero-order valence-electron chi connectivity index (χ0n) is 15.2. The van der Waals surface area contributed by atoms with Crippen LogP contribution in [0.1, 0.15) is 11.1 Å². The molecule has 0 amide bonds. The number of imidazole rings is 1. The van der Waals surface area contributed by atoms with Crippen molar-refractivity contribution in [1.29, 1.82) is 0 Å². The lowest BCUT2D eigenvalue weighted by molar-refractivity contribution is 0.574. The normalized spacial score (nSPS) is 11.7. The van der Waals surface area contributed by atoms with Gasteiger partial charge in [0.1, 0.15) is 24.3 Å². The summed E-state index contributed by atoms with van der Waals surface area (Å²) in [4.78, 5) is 12.3. The summed E-state index contributed by atoms with van der Waals surface area (Å²) in [6.45, 7) is 1.87. The average Bonchev–Trinajstić information content (AvgIpc) is 3.13. The van der Waals surface area contributed by atoms with E-state index in [1.807, 2.05) is 6.92 Å². The van der Waals surface area contributed by atoms with E-state index in [9.17, 15) is 17.2 Å². The third-order valence-electron chi connectivity index (χ3n) is 4.34. The fourth-order valence-electron chi connectivity index (χ4n) is 2.79. The van der Waals surface area contributed by atoms with Crippen molar-refractivity contribution in [3.63, 3.8) is 0 Å². The Balaban J connectivity index is 1.69. The predicted octanol–water partition coefficient (Wildman–Crippen LogP) is 3.26. The number of benzene rings is 2. The molecule has 0 fully saturated rings. The lowest BCUT2D eigenvalue weighted by Crippen LogP contribution is -2.13. The number of halogens is 2. The van der Waals surface area contributed by atoms with E-state index in [4.69, 9.17) is 0 Å². The number of aromatic nitrogens is 4. The van der Waals surface area contributed by atoms with Gasteiger partial charge in [-0.25, -0.2) is 36.1 Å². The van der Waals surface area contributed by atoms with Crippen LogP contribution in [0.2, 0.25) is 0 Å². The van der Waals surface area contributed by atoms with Crippen LogP contribution < -0.4 is 5.32 Å². The Kier molecular flexibility index (Phi) is 4.71. The number of nitrogens with zero attached hydrogens (tertiary/aromatic N) is 4. The molecule has 0 saturated carbocycles. The van der Waals surface area contributed by atoms with Gasteiger partial charge in [0.25, 0.3) is 10.0 Å². The van der Waals surface area contributed by atoms with Crippen molar-refractivity contribution in [2.45, 2.75) is 18.4 Å². The van der Waals surface area contributed by atoms with Crippen LogP contribution in [0.3, 0.4) is 0 Å². The van der Waals surface area contributed by atoms with Crippen LogP contribution in [0, 0.1) is 18.6 Å². The van der Waals surface area contributed by atoms with Crippen molar-refractivity contribution in [3.05, 3.63) is 77.9 Å². The van der Waals surface area contributed by atoms with Gasteiger partial charge in [-0.05, 0) is 25.1 Å². The molecule has 1 N–H and O–H groups in total. The molecular formula is C19H15F2N5O2S. The fraction of sp³-hybridized carbons (Fsp3) is 0.105. The van der Waals surface area contributed by atoms with Gasteiger partial charge >= 0.3 is 0 Å². The maximum atomic E-state index is 13.8. The standard InChI is InChI=1S/C19H15F2N5O2S/c1-12-2-6-15(7-3-12)29(27,28)26-11-25-17-18(23-10-24-19(17)26)22-9-13-4-5-14(20)8-16(13)21/h2-8,10-11H,9H2,1H3,(H,22,23,24). The minimum absolute atomic E-state index is 0.00972. The predicted molar refractivity (Wildman–Crippen MR) is 103 cm³/mol. The molecule has 2 aromatic carbocycles. The van der Waals surface area contributed by atoms with E-state index in [-0.39, 0.29) is 34.0 Å². The van der Waals surface area contributed by atoms with E-state index in [2.05, 4.69) is 20.3 Å². The fourth-order valence-corrected chi connectivity index (χ4v) is 4.03. The Labute approximate surface area is 165 Å². The van der Waals surface area contributed by atoms with Gasteiger partial charge in [0, 0.05) is 18.2 Å². The summed E-state index contributed by atoms with van der Waals surface area (Å²) in [5.74, 6) is -1.14. The van der Waals surface area contributed by atoms with E-state index in [0.29, 0.717) is 0 Å². The Bertz CT molecular complexity index is 1300. The first-order valence-corrected chi connectivity index (χ1v) is 9.98. The van der Waals surface area contributed by atoms with Crippen LogP contribution in [0.5, 0.6) is 0 Å². The van der Waals surface area contributed by atoms with Crippen LogP contribution >= 0.6 is 0 Å². The van der Waals surface area contributed by atoms with E-state index in [0.717, 1.165) is 28.0 Å². The Morgan fingerprint density at radius 2 is 1.79 bits per heavy atom. The summed E-state index contributed by atoms with van der Waals surface area (Å²) in [7, 11) is -3.90. The van der Waals surface area contributed by atoms with Gasteiger partial charge in [-0.3, -0.25) is 0 Å². The second-order valence-corrected chi connectivity index (χ2v) is 8.16. The van der Waals surface area contributed by atoms with Gasteiger partial charge in [0.2, 0.25) is 0 Å². The second kappa shape index (κ2) is 7.21. The van der Waals surface area contributed by atoms with Gasteiger partial charge in [0.15, 0.2) is 17.0 Å². The topological polar surface area (TPSA) is 89.8 Å². The first kappa shape index (κ1) is 18.9. The summed E-state index contributed by atoms with van der Waals surface area (Å²) < 4.78 is 53.7. The molecule has 2 aromatic heterocycles. The van der Waals surface area contributed by atoms with Gasteiger partial charge in [-0.15, -0.1) is 0 Å². The van der Waals surface area contributed by atoms with Crippen molar-refractivity contribution in [1.82, 2.24) is 18.9 Å². The van der Waals surface area contributed by atoms with E-state index in [1.54, 1.807) is 12.1 Å². The van der Waals surface area contributed by atoms with Crippen molar-refractivity contribution in [3.8, 4) is 0 Å². The molecule has 0 aliphatic heterocycles. The molecule has 0 bridgehead atoms. The zero-order chi connectivity index (χ0) is 20.6. The van der Waals surface area contributed by atoms with Crippen molar-refractivity contribution < 1.29 is 17.2 Å². The number of hydrogen-bond acceptors (Lipinski definition) is 6. The molecule has 4 aromatic rings.